The maximum absolute atomic E-state index is 2.77. The summed E-state index contributed by atoms with van der Waals surface area (Å²) in [6.45, 7) is 0. The van der Waals surface area contributed by atoms with Gasteiger partial charge in [-0.25, -0.2) is 0 Å². The van der Waals surface area contributed by atoms with Gasteiger partial charge in [0, 0.05) is 3.42 Å². The Hall–Kier alpha value is 0.730. The minimum atomic E-state index is 0.722. The van der Waals surface area contributed by atoms with Crippen molar-refractivity contribution >= 4 is 22.6 Å². The third kappa shape index (κ3) is 2.84. The number of hydrogen-bond acceptors (Lipinski definition) is 0. The Balaban J connectivity index is 1.92. The van der Waals surface area contributed by atoms with Crippen LogP contribution < -0.4 is 0 Å². The van der Waals surface area contributed by atoms with Crippen molar-refractivity contribution in [2.45, 2.75) is 67.6 Å². The number of fused-ring (bicyclic) bond motifs is 2. The lowest BCUT2D eigenvalue weighted by atomic mass is 9.93. The van der Waals surface area contributed by atoms with Gasteiger partial charge < -0.3 is 0 Å². The van der Waals surface area contributed by atoms with Gasteiger partial charge in [-0.15, -0.1) is 0 Å². The van der Waals surface area contributed by atoms with Gasteiger partial charge in [-0.2, -0.15) is 0 Å². The minimum Gasteiger partial charge on any atom is -0.0789 e. The molecular weight excluding hydrogens is 271 g/mol. The molecule has 0 aromatic carbocycles. The average molecular weight is 292 g/mol. The van der Waals surface area contributed by atoms with E-state index in [2.05, 4.69) is 22.6 Å². The highest BCUT2D eigenvalue weighted by atomic mass is 127. The van der Waals surface area contributed by atoms with Gasteiger partial charge in [0.15, 0.2) is 0 Å². The summed E-state index contributed by atoms with van der Waals surface area (Å²) in [5.74, 6) is 1.09. The fourth-order valence-corrected chi connectivity index (χ4v) is 4.38. The zero-order chi connectivity index (χ0) is 9.15. The summed E-state index contributed by atoms with van der Waals surface area (Å²) in [6, 6.07) is 0. The van der Waals surface area contributed by atoms with Crippen molar-refractivity contribution in [1.29, 1.82) is 0 Å². The third-order valence-electron chi connectivity index (χ3n) is 3.89. The van der Waals surface area contributed by atoms with Gasteiger partial charge in [-0.3, -0.25) is 0 Å². The van der Waals surface area contributed by atoms with E-state index in [0.717, 1.165) is 9.34 Å². The molecule has 1 heteroatoms. The van der Waals surface area contributed by atoms with Crippen molar-refractivity contribution in [3.05, 3.63) is 0 Å². The van der Waals surface area contributed by atoms with Crippen LogP contribution in [-0.4, -0.2) is 3.42 Å². The van der Waals surface area contributed by atoms with Crippen LogP contribution in [0.2, 0.25) is 0 Å². The van der Waals surface area contributed by atoms with E-state index in [9.17, 15) is 0 Å². The van der Waals surface area contributed by atoms with Crippen LogP contribution >= 0.6 is 22.6 Å². The first-order chi connectivity index (χ1) is 6.29. The number of alkyl halides is 1. The van der Waals surface area contributed by atoms with Crippen molar-refractivity contribution in [2.24, 2.45) is 5.92 Å². The highest BCUT2D eigenvalue weighted by Gasteiger charge is 2.35. The summed E-state index contributed by atoms with van der Waals surface area (Å²) in [5.41, 5.74) is 0. The molecule has 2 bridgehead atoms. The first-order valence-corrected chi connectivity index (χ1v) is 7.05. The second kappa shape index (κ2) is 4.50. The van der Waals surface area contributed by atoms with Crippen LogP contribution in [0.25, 0.3) is 0 Å². The largest absolute Gasteiger partial charge is 0.0789 e. The summed E-state index contributed by atoms with van der Waals surface area (Å²) < 4.78 is 0.722. The lowest BCUT2D eigenvalue weighted by molar-refractivity contribution is 0.425. The Kier molecular flexibility index (Phi) is 3.55. The Morgan fingerprint density at radius 2 is 1.62 bits per heavy atom. The summed E-state index contributed by atoms with van der Waals surface area (Å²) in [5, 5.41) is 0. The molecule has 2 fully saturated rings. The van der Waals surface area contributed by atoms with Crippen LogP contribution in [0.4, 0.5) is 0 Å². The summed E-state index contributed by atoms with van der Waals surface area (Å²) in [7, 11) is 0. The van der Waals surface area contributed by atoms with E-state index in [-0.39, 0.29) is 0 Å². The zero-order valence-electron chi connectivity index (χ0n) is 8.53. The fourth-order valence-electron chi connectivity index (χ4n) is 3.06. The number of hydrogen-bond donors (Lipinski definition) is 0. The van der Waals surface area contributed by atoms with E-state index in [0.29, 0.717) is 0 Å². The van der Waals surface area contributed by atoms with E-state index < -0.39 is 0 Å². The molecule has 0 radical (unpaired) electrons. The highest BCUT2D eigenvalue weighted by Crippen LogP contribution is 2.47. The SMILES string of the molecule is IC12CCCCCCCC(CC1)C2. The van der Waals surface area contributed by atoms with Gasteiger partial charge in [0.05, 0.1) is 0 Å². The van der Waals surface area contributed by atoms with Crippen LogP contribution in [-0.2, 0) is 0 Å². The number of rotatable bonds is 0. The van der Waals surface area contributed by atoms with E-state index in [1.807, 2.05) is 0 Å². The Labute approximate surface area is 96.0 Å². The van der Waals surface area contributed by atoms with Crippen LogP contribution in [0.5, 0.6) is 0 Å². The van der Waals surface area contributed by atoms with E-state index >= 15 is 0 Å². The van der Waals surface area contributed by atoms with E-state index in [4.69, 9.17) is 0 Å². The van der Waals surface area contributed by atoms with E-state index in [1.54, 1.807) is 0 Å². The molecule has 2 aliphatic carbocycles. The number of halogens is 1. The Bertz CT molecular complexity index is 167. The van der Waals surface area contributed by atoms with Crippen LogP contribution in [0.15, 0.2) is 0 Å². The quantitative estimate of drug-likeness (QED) is 0.448. The highest BCUT2D eigenvalue weighted by molar-refractivity contribution is 14.1. The van der Waals surface area contributed by atoms with E-state index in [1.165, 1.54) is 64.2 Å². The van der Waals surface area contributed by atoms with Crippen LogP contribution in [0.3, 0.4) is 0 Å². The summed E-state index contributed by atoms with van der Waals surface area (Å²) in [4.78, 5) is 0. The van der Waals surface area contributed by atoms with Gasteiger partial charge in [0.25, 0.3) is 0 Å². The fraction of sp³-hybridized carbons (Fsp3) is 1.00. The molecule has 0 saturated heterocycles. The standard InChI is InChI=1S/C12H21I/c13-12-8-5-3-1-2-4-6-11(10-12)7-9-12/h11H,1-10H2. The van der Waals surface area contributed by atoms with Crippen molar-refractivity contribution in [3.8, 4) is 0 Å². The molecule has 0 aromatic heterocycles. The predicted molar refractivity (Wildman–Crippen MR) is 66.4 cm³/mol. The molecular formula is C12H21I. The van der Waals surface area contributed by atoms with Crippen molar-refractivity contribution in [1.82, 2.24) is 0 Å². The van der Waals surface area contributed by atoms with Crippen molar-refractivity contribution < 1.29 is 0 Å². The zero-order valence-corrected chi connectivity index (χ0v) is 10.7. The smallest absolute Gasteiger partial charge is 0.0225 e. The topological polar surface area (TPSA) is 0 Å². The Morgan fingerprint density at radius 1 is 0.846 bits per heavy atom. The van der Waals surface area contributed by atoms with Gasteiger partial charge in [-0.1, -0.05) is 61.1 Å². The maximum Gasteiger partial charge on any atom is 0.0225 e. The molecule has 0 heterocycles. The van der Waals surface area contributed by atoms with Crippen LogP contribution in [0, 0.1) is 5.92 Å². The first kappa shape index (κ1) is 10.3. The normalized spacial score (nSPS) is 41.8. The maximum atomic E-state index is 2.77. The molecule has 13 heavy (non-hydrogen) atoms. The molecule has 2 atom stereocenters. The minimum absolute atomic E-state index is 0.722. The first-order valence-electron chi connectivity index (χ1n) is 5.97. The molecule has 0 aromatic rings. The molecule has 0 nitrogen and oxygen atoms in total. The van der Waals surface area contributed by atoms with Crippen molar-refractivity contribution in [2.75, 3.05) is 0 Å². The third-order valence-corrected chi connectivity index (χ3v) is 5.41. The molecule has 2 unspecified atom stereocenters. The lowest BCUT2D eigenvalue weighted by Crippen LogP contribution is -2.16. The second-order valence-electron chi connectivity index (χ2n) is 5.07. The molecule has 2 aliphatic rings. The van der Waals surface area contributed by atoms with Crippen molar-refractivity contribution in [3.63, 3.8) is 0 Å². The molecule has 76 valence electrons. The summed E-state index contributed by atoms with van der Waals surface area (Å²) in [6.07, 6.45) is 15.1. The van der Waals surface area contributed by atoms with Crippen LogP contribution in [0.1, 0.15) is 64.2 Å². The average Bonchev–Trinajstić information content (AvgIpc) is 2.46. The molecule has 2 rings (SSSR count). The molecule has 0 spiro atoms. The van der Waals surface area contributed by atoms with Gasteiger partial charge >= 0.3 is 0 Å². The molecule has 0 N–H and O–H groups in total. The monoisotopic (exact) mass is 292 g/mol. The molecule has 0 aliphatic heterocycles. The molecule has 2 saturated carbocycles. The molecule has 0 amide bonds. The van der Waals surface area contributed by atoms with Gasteiger partial charge in [0.2, 0.25) is 0 Å². The van der Waals surface area contributed by atoms with Gasteiger partial charge in [0.1, 0.15) is 0 Å². The predicted octanol–water partition coefficient (Wildman–Crippen LogP) is 4.70. The summed E-state index contributed by atoms with van der Waals surface area (Å²) >= 11 is 2.77. The lowest BCUT2D eigenvalue weighted by Gasteiger charge is -2.23. The van der Waals surface area contributed by atoms with Gasteiger partial charge in [-0.05, 0) is 31.6 Å². The Morgan fingerprint density at radius 3 is 2.54 bits per heavy atom. The second-order valence-corrected chi connectivity index (χ2v) is 7.35.